The summed E-state index contributed by atoms with van der Waals surface area (Å²) in [6, 6.07) is 20.5. The molecule has 3 aromatic carbocycles. The number of halogens is 1. The molecule has 0 aliphatic heterocycles. The average Bonchev–Trinajstić information content (AvgIpc) is 2.95. The first-order chi connectivity index (χ1) is 18.7. The van der Waals surface area contributed by atoms with Crippen LogP contribution >= 0.6 is 11.6 Å². The van der Waals surface area contributed by atoms with E-state index in [0.29, 0.717) is 29.6 Å². The van der Waals surface area contributed by atoms with Gasteiger partial charge in [0.1, 0.15) is 18.3 Å². The molecule has 0 saturated carbocycles. The van der Waals surface area contributed by atoms with E-state index in [-0.39, 0.29) is 17.3 Å². The molecule has 0 aliphatic carbocycles. The van der Waals surface area contributed by atoms with Crippen molar-refractivity contribution in [3.05, 3.63) is 89.4 Å². The molecule has 3 aromatic rings. The minimum atomic E-state index is -4.12. The first-order valence-corrected chi connectivity index (χ1v) is 14.6. The number of nitrogens with zero attached hydrogens (tertiary/aromatic N) is 2. The van der Waals surface area contributed by atoms with E-state index in [4.69, 9.17) is 16.3 Å². The Balaban J connectivity index is 2.00. The zero-order chi connectivity index (χ0) is 28.4. The fraction of sp³-hybridized carbons (Fsp3) is 0.310. The number of hydrogen-bond donors (Lipinski definition) is 1. The van der Waals surface area contributed by atoms with E-state index in [1.165, 1.54) is 17.0 Å². The molecule has 0 unspecified atom stereocenters. The van der Waals surface area contributed by atoms with Crippen molar-refractivity contribution in [1.29, 1.82) is 0 Å². The second-order valence-electron chi connectivity index (χ2n) is 8.87. The number of rotatable bonds is 13. The van der Waals surface area contributed by atoms with Crippen molar-refractivity contribution in [3.8, 4) is 5.75 Å². The molecule has 0 spiro atoms. The Morgan fingerprint density at radius 1 is 0.949 bits per heavy atom. The summed E-state index contributed by atoms with van der Waals surface area (Å²) in [6.07, 6.45) is 0.741. The first-order valence-electron chi connectivity index (χ1n) is 12.8. The van der Waals surface area contributed by atoms with Gasteiger partial charge in [-0.3, -0.25) is 13.9 Å². The lowest BCUT2D eigenvalue weighted by Crippen LogP contribution is -2.51. The van der Waals surface area contributed by atoms with Crippen LogP contribution in [0.25, 0.3) is 0 Å². The van der Waals surface area contributed by atoms with Crippen molar-refractivity contribution in [1.82, 2.24) is 10.2 Å². The van der Waals surface area contributed by atoms with Gasteiger partial charge < -0.3 is 15.0 Å². The molecular weight excluding hydrogens is 538 g/mol. The summed E-state index contributed by atoms with van der Waals surface area (Å²) in [6.45, 7) is 5.93. The highest BCUT2D eigenvalue weighted by Gasteiger charge is 2.32. The summed E-state index contributed by atoms with van der Waals surface area (Å²) in [5.41, 5.74) is 1.05. The lowest BCUT2D eigenvalue weighted by molar-refractivity contribution is -0.139. The van der Waals surface area contributed by atoms with Gasteiger partial charge in [-0.2, -0.15) is 0 Å². The molecule has 10 heteroatoms. The Kier molecular flexibility index (Phi) is 10.8. The number of benzene rings is 3. The first kappa shape index (κ1) is 30.0. The number of sulfonamides is 1. The van der Waals surface area contributed by atoms with E-state index < -0.39 is 28.5 Å². The van der Waals surface area contributed by atoms with E-state index >= 15 is 0 Å². The average molecular weight is 572 g/mol. The topological polar surface area (TPSA) is 96.0 Å². The molecule has 0 saturated heterocycles. The van der Waals surface area contributed by atoms with Gasteiger partial charge in [0.15, 0.2) is 0 Å². The number of carbonyl (C=O) groups is 2. The summed E-state index contributed by atoms with van der Waals surface area (Å²) < 4.78 is 34.1. The van der Waals surface area contributed by atoms with Crippen molar-refractivity contribution in [2.24, 2.45) is 0 Å². The number of hydrogen-bond acceptors (Lipinski definition) is 5. The van der Waals surface area contributed by atoms with E-state index in [2.05, 4.69) is 5.32 Å². The number of ether oxygens (including phenoxy) is 1. The molecule has 0 aliphatic rings. The molecule has 1 atom stereocenters. The van der Waals surface area contributed by atoms with Crippen LogP contribution in [-0.4, -0.2) is 50.9 Å². The molecule has 208 valence electrons. The third-order valence-corrected chi connectivity index (χ3v) is 8.07. The zero-order valence-electron chi connectivity index (χ0n) is 22.3. The van der Waals surface area contributed by atoms with Crippen LogP contribution in [0.15, 0.2) is 83.8 Å². The largest absolute Gasteiger partial charge is 0.494 e. The molecule has 39 heavy (non-hydrogen) atoms. The fourth-order valence-corrected chi connectivity index (χ4v) is 5.45. The Morgan fingerprint density at radius 2 is 1.59 bits per heavy atom. The molecule has 0 fully saturated rings. The van der Waals surface area contributed by atoms with Gasteiger partial charge in [-0.25, -0.2) is 8.42 Å². The maximum absolute atomic E-state index is 13.9. The highest BCUT2D eigenvalue weighted by Crippen LogP contribution is 2.26. The van der Waals surface area contributed by atoms with Gasteiger partial charge in [0, 0.05) is 18.1 Å². The van der Waals surface area contributed by atoms with Gasteiger partial charge in [-0.05, 0) is 74.4 Å². The van der Waals surface area contributed by atoms with Gasteiger partial charge in [0.05, 0.1) is 17.2 Å². The van der Waals surface area contributed by atoms with Crippen LogP contribution in [0.5, 0.6) is 5.75 Å². The van der Waals surface area contributed by atoms with Gasteiger partial charge in [0.2, 0.25) is 11.8 Å². The van der Waals surface area contributed by atoms with Crippen LogP contribution in [0.2, 0.25) is 5.02 Å². The lowest BCUT2D eigenvalue weighted by atomic mass is 10.1. The molecule has 0 aromatic heterocycles. The van der Waals surface area contributed by atoms with E-state index in [1.807, 2.05) is 13.8 Å². The second kappa shape index (κ2) is 14.0. The molecule has 0 heterocycles. The summed E-state index contributed by atoms with van der Waals surface area (Å²) in [7, 11) is -4.12. The maximum atomic E-state index is 13.9. The minimum absolute atomic E-state index is 0.0460. The van der Waals surface area contributed by atoms with Crippen molar-refractivity contribution < 1.29 is 22.7 Å². The Hall–Kier alpha value is -3.56. The SMILES string of the molecule is CCCNC(=O)[C@@H](C)N(Cc1ccc(Cl)cc1)C(=O)CN(c1ccc(OCC)cc1)S(=O)(=O)c1ccccc1. The molecule has 8 nitrogen and oxygen atoms in total. The minimum Gasteiger partial charge on any atom is -0.494 e. The van der Waals surface area contributed by atoms with Gasteiger partial charge in [-0.15, -0.1) is 0 Å². The summed E-state index contributed by atoms with van der Waals surface area (Å²) >= 11 is 6.03. The monoisotopic (exact) mass is 571 g/mol. The van der Waals surface area contributed by atoms with Crippen LogP contribution < -0.4 is 14.4 Å². The number of nitrogens with one attached hydrogen (secondary N) is 1. The molecule has 0 radical (unpaired) electrons. The molecule has 2 amide bonds. The van der Waals surface area contributed by atoms with E-state index in [9.17, 15) is 18.0 Å². The standard InChI is InChI=1S/C29H34ClN3O5S/c1-4-19-31-29(35)22(3)32(20-23-11-13-24(30)14-12-23)28(34)21-33(25-15-17-26(18-16-25)38-5-2)39(36,37)27-9-7-6-8-10-27/h6-18,22H,4-5,19-21H2,1-3H3,(H,31,35)/t22-/m1/s1. The summed E-state index contributed by atoms with van der Waals surface area (Å²) in [5.74, 6) is -0.273. The Morgan fingerprint density at radius 3 is 2.18 bits per heavy atom. The summed E-state index contributed by atoms with van der Waals surface area (Å²) in [4.78, 5) is 28.2. The molecule has 1 N–H and O–H groups in total. The van der Waals surface area contributed by atoms with Gasteiger partial charge >= 0.3 is 0 Å². The van der Waals surface area contributed by atoms with Crippen molar-refractivity contribution in [2.75, 3.05) is 24.0 Å². The molecular formula is C29H34ClN3O5S. The van der Waals surface area contributed by atoms with Crippen LogP contribution in [-0.2, 0) is 26.2 Å². The summed E-state index contributed by atoms with van der Waals surface area (Å²) in [5, 5.41) is 3.36. The second-order valence-corrected chi connectivity index (χ2v) is 11.2. The predicted octanol–water partition coefficient (Wildman–Crippen LogP) is 4.88. The maximum Gasteiger partial charge on any atom is 0.264 e. The van der Waals surface area contributed by atoms with Crippen LogP contribution in [0, 0.1) is 0 Å². The Bertz CT molecular complexity index is 1330. The highest BCUT2D eigenvalue weighted by molar-refractivity contribution is 7.92. The van der Waals surface area contributed by atoms with Crippen molar-refractivity contribution in [2.45, 2.75) is 44.7 Å². The third kappa shape index (κ3) is 7.97. The van der Waals surface area contributed by atoms with Crippen LogP contribution in [0.1, 0.15) is 32.8 Å². The predicted molar refractivity (Wildman–Crippen MR) is 153 cm³/mol. The number of carbonyl (C=O) groups excluding carboxylic acids is 2. The van der Waals surface area contributed by atoms with E-state index in [0.717, 1.165) is 16.3 Å². The molecule has 0 bridgehead atoms. The highest BCUT2D eigenvalue weighted by atomic mass is 35.5. The van der Waals surface area contributed by atoms with Crippen molar-refractivity contribution in [3.63, 3.8) is 0 Å². The van der Waals surface area contributed by atoms with Crippen molar-refractivity contribution >= 4 is 39.1 Å². The molecule has 3 rings (SSSR count). The zero-order valence-corrected chi connectivity index (χ0v) is 23.9. The number of amides is 2. The van der Waals surface area contributed by atoms with Gasteiger partial charge in [-0.1, -0.05) is 48.9 Å². The fourth-order valence-electron chi connectivity index (χ4n) is 3.89. The quantitative estimate of drug-likeness (QED) is 0.315. The normalized spacial score (nSPS) is 11.9. The third-order valence-electron chi connectivity index (χ3n) is 6.03. The number of anilines is 1. The lowest BCUT2D eigenvalue weighted by Gasteiger charge is -2.32. The Labute approximate surface area is 235 Å². The smallest absolute Gasteiger partial charge is 0.264 e. The van der Waals surface area contributed by atoms with Gasteiger partial charge in [0.25, 0.3) is 10.0 Å². The van der Waals surface area contributed by atoms with Crippen LogP contribution in [0.3, 0.4) is 0 Å². The van der Waals surface area contributed by atoms with E-state index in [1.54, 1.807) is 73.7 Å². The van der Waals surface area contributed by atoms with Crippen LogP contribution in [0.4, 0.5) is 5.69 Å².